The molecule has 2 heterocycles. The van der Waals surface area contributed by atoms with Gasteiger partial charge in [-0.1, -0.05) is 6.42 Å². The fourth-order valence-corrected chi connectivity index (χ4v) is 3.34. The number of likely N-dealkylation sites (tertiary alicyclic amines) is 1. The van der Waals surface area contributed by atoms with E-state index in [4.69, 9.17) is 0 Å². The topological polar surface area (TPSA) is 57.3 Å². The lowest BCUT2D eigenvalue weighted by Gasteiger charge is -2.33. The van der Waals surface area contributed by atoms with Crippen molar-refractivity contribution in [1.82, 2.24) is 20.5 Å². The molecule has 1 aliphatic heterocycles. The minimum atomic E-state index is -0.0772. The third-order valence-corrected chi connectivity index (χ3v) is 4.78. The van der Waals surface area contributed by atoms with Crippen molar-refractivity contribution in [3.05, 3.63) is 16.1 Å². The molecule has 0 radical (unpaired) electrons. The van der Waals surface area contributed by atoms with Gasteiger partial charge in [0.25, 0.3) is 0 Å². The number of urea groups is 1. The van der Waals surface area contributed by atoms with E-state index in [0.29, 0.717) is 19.1 Å². The van der Waals surface area contributed by atoms with Gasteiger partial charge in [0.1, 0.15) is 0 Å². The van der Waals surface area contributed by atoms with Crippen LogP contribution in [0.25, 0.3) is 0 Å². The summed E-state index contributed by atoms with van der Waals surface area (Å²) in [5, 5.41) is 8.94. The first-order chi connectivity index (χ1) is 10.1. The minimum absolute atomic E-state index is 0.0772. The molecule has 1 aliphatic rings. The normalized spacial score (nSPS) is 19.4. The van der Waals surface area contributed by atoms with Gasteiger partial charge in [-0.3, -0.25) is 4.90 Å². The van der Waals surface area contributed by atoms with Gasteiger partial charge in [-0.15, -0.1) is 11.3 Å². The Morgan fingerprint density at radius 1 is 1.43 bits per heavy atom. The number of piperidine rings is 1. The van der Waals surface area contributed by atoms with E-state index in [0.717, 1.165) is 30.2 Å². The van der Waals surface area contributed by atoms with Crippen molar-refractivity contribution < 1.29 is 4.79 Å². The second-order valence-electron chi connectivity index (χ2n) is 5.67. The number of thiazole rings is 1. The standard InChI is InChI=1S/C15H26N4OS/c1-12-5-3-4-9-19(12)10-8-17-15(20)16-7-6-14-11-21-13(2)18-14/h11-12H,3-10H2,1-2H3,(H2,16,17,20)/t12-/m1/s1. The van der Waals surface area contributed by atoms with Crippen LogP contribution in [0.1, 0.15) is 36.9 Å². The van der Waals surface area contributed by atoms with E-state index in [2.05, 4.69) is 27.4 Å². The van der Waals surface area contributed by atoms with E-state index in [-0.39, 0.29) is 6.03 Å². The minimum Gasteiger partial charge on any atom is -0.338 e. The molecule has 5 nitrogen and oxygen atoms in total. The highest BCUT2D eigenvalue weighted by Gasteiger charge is 2.17. The summed E-state index contributed by atoms with van der Waals surface area (Å²) < 4.78 is 0. The molecule has 0 saturated carbocycles. The molecule has 1 aromatic rings. The van der Waals surface area contributed by atoms with Gasteiger partial charge in [0.15, 0.2) is 0 Å². The van der Waals surface area contributed by atoms with E-state index in [1.54, 1.807) is 11.3 Å². The summed E-state index contributed by atoms with van der Waals surface area (Å²) >= 11 is 1.65. The van der Waals surface area contributed by atoms with Crippen molar-refractivity contribution in [1.29, 1.82) is 0 Å². The highest BCUT2D eigenvalue weighted by molar-refractivity contribution is 7.09. The number of carbonyl (C=O) groups is 1. The number of aryl methyl sites for hydroxylation is 1. The zero-order valence-corrected chi connectivity index (χ0v) is 13.8. The average Bonchev–Trinajstić information content (AvgIpc) is 2.87. The van der Waals surface area contributed by atoms with Crippen LogP contribution in [-0.4, -0.2) is 48.1 Å². The summed E-state index contributed by atoms with van der Waals surface area (Å²) in [6.45, 7) is 7.72. The lowest BCUT2D eigenvalue weighted by molar-refractivity contribution is 0.161. The molecule has 0 bridgehead atoms. The second kappa shape index (κ2) is 8.34. The van der Waals surface area contributed by atoms with Gasteiger partial charge in [-0.25, -0.2) is 9.78 Å². The summed E-state index contributed by atoms with van der Waals surface area (Å²) in [6, 6.07) is 0.572. The Morgan fingerprint density at radius 2 is 2.24 bits per heavy atom. The maximum Gasteiger partial charge on any atom is 0.314 e. The molecule has 1 aromatic heterocycles. The SMILES string of the molecule is Cc1nc(CCNC(=O)NCCN2CCCC[C@H]2C)cs1. The van der Waals surface area contributed by atoms with Gasteiger partial charge in [0.05, 0.1) is 10.7 Å². The molecular weight excluding hydrogens is 284 g/mol. The lowest BCUT2D eigenvalue weighted by atomic mass is 10.0. The van der Waals surface area contributed by atoms with Crippen LogP contribution in [0.3, 0.4) is 0 Å². The first kappa shape index (κ1) is 16.2. The number of amides is 2. The van der Waals surface area contributed by atoms with E-state index in [9.17, 15) is 4.79 Å². The second-order valence-corrected chi connectivity index (χ2v) is 6.73. The zero-order valence-electron chi connectivity index (χ0n) is 13.0. The van der Waals surface area contributed by atoms with Crippen molar-refractivity contribution in [2.75, 3.05) is 26.2 Å². The Labute approximate surface area is 131 Å². The Kier molecular flexibility index (Phi) is 6.45. The predicted octanol–water partition coefficient (Wildman–Crippen LogP) is 2.17. The fourth-order valence-electron chi connectivity index (χ4n) is 2.69. The number of nitrogens with one attached hydrogen (secondary N) is 2. The van der Waals surface area contributed by atoms with Crippen molar-refractivity contribution in [2.24, 2.45) is 0 Å². The van der Waals surface area contributed by atoms with E-state index >= 15 is 0 Å². The Bertz CT molecular complexity index is 449. The summed E-state index contributed by atoms with van der Waals surface area (Å²) in [5.74, 6) is 0. The van der Waals surface area contributed by atoms with Crippen LogP contribution < -0.4 is 10.6 Å². The molecule has 0 aliphatic carbocycles. The smallest absolute Gasteiger partial charge is 0.314 e. The summed E-state index contributed by atoms with van der Waals surface area (Å²) in [4.78, 5) is 18.5. The lowest BCUT2D eigenvalue weighted by Crippen LogP contribution is -2.44. The first-order valence-electron chi connectivity index (χ1n) is 7.82. The molecule has 2 amide bonds. The van der Waals surface area contributed by atoms with Crippen molar-refractivity contribution in [3.8, 4) is 0 Å². The molecule has 6 heteroatoms. The van der Waals surface area contributed by atoms with Crippen LogP contribution >= 0.6 is 11.3 Å². The highest BCUT2D eigenvalue weighted by atomic mass is 32.1. The summed E-state index contributed by atoms with van der Waals surface area (Å²) in [6.07, 6.45) is 4.69. The monoisotopic (exact) mass is 310 g/mol. The molecule has 0 unspecified atom stereocenters. The third kappa shape index (κ3) is 5.63. The number of carbonyl (C=O) groups excluding carboxylic acids is 1. The largest absolute Gasteiger partial charge is 0.338 e. The Hall–Kier alpha value is -1.14. The van der Waals surface area contributed by atoms with Crippen molar-refractivity contribution in [3.63, 3.8) is 0 Å². The molecule has 0 spiro atoms. The number of hydrogen-bond donors (Lipinski definition) is 2. The quantitative estimate of drug-likeness (QED) is 0.846. The number of hydrogen-bond acceptors (Lipinski definition) is 4. The average molecular weight is 310 g/mol. The molecule has 2 N–H and O–H groups in total. The number of rotatable bonds is 6. The molecule has 1 saturated heterocycles. The van der Waals surface area contributed by atoms with Gasteiger partial charge in [-0.2, -0.15) is 0 Å². The van der Waals surface area contributed by atoms with Crippen molar-refractivity contribution in [2.45, 2.75) is 45.6 Å². The molecule has 1 atom stereocenters. The maximum atomic E-state index is 11.7. The Morgan fingerprint density at radius 3 is 2.95 bits per heavy atom. The van der Waals surface area contributed by atoms with Crippen molar-refractivity contribution >= 4 is 17.4 Å². The van der Waals surface area contributed by atoms with Gasteiger partial charge in [-0.05, 0) is 33.2 Å². The predicted molar refractivity (Wildman–Crippen MR) is 86.8 cm³/mol. The van der Waals surface area contributed by atoms with Gasteiger partial charge >= 0.3 is 6.03 Å². The fraction of sp³-hybridized carbons (Fsp3) is 0.733. The zero-order chi connectivity index (χ0) is 15.1. The van der Waals surface area contributed by atoms with Crippen LogP contribution in [-0.2, 0) is 6.42 Å². The van der Waals surface area contributed by atoms with E-state index in [1.165, 1.54) is 19.3 Å². The van der Waals surface area contributed by atoms with E-state index < -0.39 is 0 Å². The molecular formula is C15H26N4OS. The summed E-state index contributed by atoms with van der Waals surface area (Å²) in [7, 11) is 0. The third-order valence-electron chi connectivity index (χ3n) is 3.96. The van der Waals surface area contributed by atoms with Gasteiger partial charge < -0.3 is 10.6 Å². The van der Waals surface area contributed by atoms with Crippen LogP contribution in [0.5, 0.6) is 0 Å². The maximum absolute atomic E-state index is 11.7. The molecule has 0 aromatic carbocycles. The number of aromatic nitrogens is 1. The summed E-state index contributed by atoms with van der Waals surface area (Å²) in [5.41, 5.74) is 1.06. The van der Waals surface area contributed by atoms with Crippen LogP contribution in [0.2, 0.25) is 0 Å². The Balaban J connectivity index is 1.55. The van der Waals surface area contributed by atoms with Crippen LogP contribution in [0, 0.1) is 6.92 Å². The highest BCUT2D eigenvalue weighted by Crippen LogP contribution is 2.15. The molecule has 118 valence electrons. The van der Waals surface area contributed by atoms with Crippen LogP contribution in [0.15, 0.2) is 5.38 Å². The molecule has 21 heavy (non-hydrogen) atoms. The van der Waals surface area contributed by atoms with E-state index in [1.807, 2.05) is 12.3 Å². The molecule has 1 fully saturated rings. The van der Waals surface area contributed by atoms with Crippen LogP contribution in [0.4, 0.5) is 4.79 Å². The molecule has 2 rings (SSSR count). The van der Waals surface area contributed by atoms with Gasteiger partial charge in [0.2, 0.25) is 0 Å². The van der Waals surface area contributed by atoms with Gasteiger partial charge in [0, 0.05) is 37.5 Å². The first-order valence-corrected chi connectivity index (χ1v) is 8.70. The number of nitrogens with zero attached hydrogens (tertiary/aromatic N) is 2.